The molecule has 0 atom stereocenters. The molecule has 0 saturated heterocycles. The SMILES string of the molecule is O=C(Cc1ccn(-c2ccc(F)cn2)n1)Nc1ncc(C(F)(F)F)s1. The van der Waals surface area contributed by atoms with Crippen molar-refractivity contribution in [2.75, 3.05) is 5.32 Å². The number of hydrogen-bond acceptors (Lipinski definition) is 5. The first-order valence-corrected chi connectivity index (χ1v) is 7.62. The lowest BCUT2D eigenvalue weighted by molar-refractivity contribution is -0.134. The Labute approximate surface area is 142 Å². The Kier molecular flexibility index (Phi) is 4.49. The average molecular weight is 371 g/mol. The summed E-state index contributed by atoms with van der Waals surface area (Å²) < 4.78 is 51.7. The fourth-order valence-corrected chi connectivity index (χ4v) is 2.58. The number of halogens is 4. The second-order valence-electron chi connectivity index (χ2n) is 4.84. The molecule has 25 heavy (non-hydrogen) atoms. The van der Waals surface area contributed by atoms with E-state index in [9.17, 15) is 22.4 Å². The van der Waals surface area contributed by atoms with Crippen molar-refractivity contribution in [2.45, 2.75) is 12.6 Å². The predicted octanol–water partition coefficient (Wildman–Crippen LogP) is 3.06. The van der Waals surface area contributed by atoms with E-state index in [0.29, 0.717) is 29.0 Å². The van der Waals surface area contributed by atoms with Crippen molar-refractivity contribution >= 4 is 22.4 Å². The van der Waals surface area contributed by atoms with Gasteiger partial charge >= 0.3 is 6.18 Å². The maximum Gasteiger partial charge on any atom is 0.427 e. The number of amides is 1. The molecule has 0 aliphatic rings. The second-order valence-corrected chi connectivity index (χ2v) is 5.87. The Balaban J connectivity index is 1.64. The maximum absolute atomic E-state index is 12.8. The molecule has 3 aromatic rings. The van der Waals surface area contributed by atoms with Crippen LogP contribution in [0, 0.1) is 5.82 Å². The van der Waals surface area contributed by atoms with Crippen LogP contribution in [0.4, 0.5) is 22.7 Å². The number of nitrogens with one attached hydrogen (secondary N) is 1. The highest BCUT2D eigenvalue weighted by Crippen LogP contribution is 2.34. The molecule has 0 radical (unpaired) electrons. The summed E-state index contributed by atoms with van der Waals surface area (Å²) in [6, 6.07) is 4.19. The van der Waals surface area contributed by atoms with Gasteiger partial charge in [0.2, 0.25) is 5.91 Å². The van der Waals surface area contributed by atoms with Gasteiger partial charge in [0.1, 0.15) is 10.7 Å². The minimum absolute atomic E-state index is 0.142. The van der Waals surface area contributed by atoms with Crippen LogP contribution < -0.4 is 5.32 Å². The summed E-state index contributed by atoms with van der Waals surface area (Å²) in [6.07, 6.45) is -1.43. The van der Waals surface area contributed by atoms with E-state index in [4.69, 9.17) is 0 Å². The number of carbonyl (C=O) groups is 1. The van der Waals surface area contributed by atoms with Gasteiger partial charge in [-0.25, -0.2) is 19.0 Å². The van der Waals surface area contributed by atoms with Crippen LogP contribution in [0.1, 0.15) is 10.6 Å². The van der Waals surface area contributed by atoms with E-state index in [0.717, 1.165) is 6.20 Å². The zero-order chi connectivity index (χ0) is 18.0. The zero-order valence-corrected chi connectivity index (χ0v) is 13.1. The molecule has 0 spiro atoms. The summed E-state index contributed by atoms with van der Waals surface area (Å²) in [7, 11) is 0. The third-order valence-corrected chi connectivity index (χ3v) is 3.92. The molecule has 0 aromatic carbocycles. The molecule has 0 unspecified atom stereocenters. The first-order chi connectivity index (χ1) is 11.8. The number of rotatable bonds is 4. The first-order valence-electron chi connectivity index (χ1n) is 6.80. The van der Waals surface area contributed by atoms with Crippen LogP contribution in [-0.4, -0.2) is 25.7 Å². The molecule has 130 valence electrons. The van der Waals surface area contributed by atoms with E-state index in [1.54, 1.807) is 6.07 Å². The van der Waals surface area contributed by atoms with Crippen LogP contribution in [0.3, 0.4) is 0 Å². The molecule has 6 nitrogen and oxygen atoms in total. The van der Waals surface area contributed by atoms with Crippen molar-refractivity contribution in [2.24, 2.45) is 0 Å². The van der Waals surface area contributed by atoms with Gasteiger partial charge in [-0.3, -0.25) is 4.79 Å². The number of hydrogen-bond donors (Lipinski definition) is 1. The lowest BCUT2D eigenvalue weighted by Gasteiger charge is -2.01. The normalized spacial score (nSPS) is 11.5. The van der Waals surface area contributed by atoms with Crippen molar-refractivity contribution < 1.29 is 22.4 Å². The summed E-state index contributed by atoms with van der Waals surface area (Å²) in [5.41, 5.74) is 0.372. The fraction of sp³-hybridized carbons (Fsp3) is 0.143. The molecule has 0 aliphatic heterocycles. The highest BCUT2D eigenvalue weighted by Gasteiger charge is 2.33. The summed E-state index contributed by atoms with van der Waals surface area (Å²) in [4.78, 5) is 18.4. The van der Waals surface area contributed by atoms with Crippen LogP contribution >= 0.6 is 11.3 Å². The molecule has 3 rings (SSSR count). The number of carbonyl (C=O) groups excluding carboxylic acids is 1. The maximum atomic E-state index is 12.8. The Morgan fingerprint density at radius 1 is 1.20 bits per heavy atom. The lowest BCUT2D eigenvalue weighted by Crippen LogP contribution is -2.14. The summed E-state index contributed by atoms with van der Waals surface area (Å²) >= 11 is 0.343. The van der Waals surface area contributed by atoms with Crippen molar-refractivity contribution in [3.05, 3.63) is 53.2 Å². The van der Waals surface area contributed by atoms with E-state index >= 15 is 0 Å². The molecule has 1 amide bonds. The Morgan fingerprint density at radius 2 is 2.00 bits per heavy atom. The number of aromatic nitrogens is 4. The van der Waals surface area contributed by atoms with Crippen molar-refractivity contribution in [1.82, 2.24) is 19.7 Å². The molecule has 0 aliphatic carbocycles. The van der Waals surface area contributed by atoms with Gasteiger partial charge in [0.05, 0.1) is 24.5 Å². The van der Waals surface area contributed by atoms with Gasteiger partial charge in [-0.1, -0.05) is 11.3 Å². The van der Waals surface area contributed by atoms with Gasteiger partial charge in [0.15, 0.2) is 10.9 Å². The third kappa shape index (κ3) is 4.18. The fourth-order valence-electron chi connectivity index (χ4n) is 1.88. The Hall–Kier alpha value is -2.82. The topological polar surface area (TPSA) is 72.7 Å². The smallest absolute Gasteiger partial charge is 0.302 e. The monoisotopic (exact) mass is 371 g/mol. The molecule has 1 N–H and O–H groups in total. The Bertz CT molecular complexity index is 887. The van der Waals surface area contributed by atoms with E-state index in [2.05, 4.69) is 20.4 Å². The van der Waals surface area contributed by atoms with Gasteiger partial charge in [0, 0.05) is 6.20 Å². The highest BCUT2D eigenvalue weighted by atomic mass is 32.1. The van der Waals surface area contributed by atoms with Gasteiger partial charge in [0.25, 0.3) is 0 Å². The molecule has 0 fully saturated rings. The number of thiazole rings is 1. The number of anilines is 1. The van der Waals surface area contributed by atoms with Crippen molar-refractivity contribution in [3.8, 4) is 5.82 Å². The van der Waals surface area contributed by atoms with Crippen molar-refractivity contribution in [1.29, 1.82) is 0 Å². The lowest BCUT2D eigenvalue weighted by atomic mass is 10.3. The average Bonchev–Trinajstić information content (AvgIpc) is 3.17. The molecule has 0 saturated carbocycles. The molecular formula is C14H9F4N5OS. The Morgan fingerprint density at radius 3 is 2.64 bits per heavy atom. The van der Waals surface area contributed by atoms with Crippen LogP contribution in [0.5, 0.6) is 0 Å². The molecule has 11 heteroatoms. The predicted molar refractivity (Wildman–Crippen MR) is 80.8 cm³/mol. The van der Waals surface area contributed by atoms with Gasteiger partial charge < -0.3 is 5.32 Å². The highest BCUT2D eigenvalue weighted by molar-refractivity contribution is 7.15. The van der Waals surface area contributed by atoms with Gasteiger partial charge in [-0.05, 0) is 18.2 Å². The van der Waals surface area contributed by atoms with Gasteiger partial charge in [-0.2, -0.15) is 18.3 Å². The van der Waals surface area contributed by atoms with Crippen LogP contribution in [0.25, 0.3) is 5.82 Å². The van der Waals surface area contributed by atoms with E-state index in [-0.39, 0.29) is 11.6 Å². The van der Waals surface area contributed by atoms with Crippen LogP contribution in [0.2, 0.25) is 0 Å². The third-order valence-electron chi connectivity index (χ3n) is 2.96. The summed E-state index contributed by atoms with van der Waals surface area (Å²) in [6.45, 7) is 0. The van der Waals surface area contributed by atoms with E-state index < -0.39 is 22.8 Å². The number of alkyl halides is 3. The molecule has 3 aromatic heterocycles. The van der Waals surface area contributed by atoms with E-state index in [1.807, 2.05) is 0 Å². The molecule has 3 heterocycles. The quantitative estimate of drug-likeness (QED) is 0.716. The standard InChI is InChI=1S/C14H9F4N5OS/c15-8-1-2-11(19-6-8)23-4-3-9(22-23)5-12(24)21-13-20-7-10(25-13)14(16,17)18/h1-4,6-7H,5H2,(H,20,21,24). The minimum atomic E-state index is -4.50. The molecule has 0 bridgehead atoms. The van der Waals surface area contributed by atoms with Crippen LogP contribution in [0.15, 0.2) is 36.8 Å². The number of nitrogens with zero attached hydrogens (tertiary/aromatic N) is 4. The van der Waals surface area contributed by atoms with Crippen molar-refractivity contribution in [3.63, 3.8) is 0 Å². The minimum Gasteiger partial charge on any atom is -0.302 e. The van der Waals surface area contributed by atoms with E-state index in [1.165, 1.54) is 23.0 Å². The largest absolute Gasteiger partial charge is 0.427 e. The summed E-state index contributed by atoms with van der Waals surface area (Å²) in [5, 5.41) is 6.26. The number of pyridine rings is 1. The second kappa shape index (κ2) is 6.59. The summed E-state index contributed by atoms with van der Waals surface area (Å²) in [5.74, 6) is -0.680. The zero-order valence-electron chi connectivity index (χ0n) is 12.3. The molecular weight excluding hydrogens is 362 g/mol. The van der Waals surface area contributed by atoms with Crippen LogP contribution in [-0.2, 0) is 17.4 Å². The van der Waals surface area contributed by atoms with Gasteiger partial charge in [-0.15, -0.1) is 0 Å². The first kappa shape index (κ1) is 17.0.